The zero-order valence-electron chi connectivity index (χ0n) is 9.15. The summed E-state index contributed by atoms with van der Waals surface area (Å²) in [6.07, 6.45) is 8.00. The Bertz CT molecular complexity index is 378. The third-order valence-electron chi connectivity index (χ3n) is 7.72. The molecule has 1 spiro atoms. The zero-order valence-corrected chi connectivity index (χ0v) is 9.15. The van der Waals surface area contributed by atoms with Crippen molar-refractivity contribution in [2.24, 2.45) is 40.9 Å². The van der Waals surface area contributed by atoms with Gasteiger partial charge in [-0.3, -0.25) is 0 Å². The Kier molecular flexibility index (Phi) is 0.885. The van der Waals surface area contributed by atoms with E-state index in [0.29, 0.717) is 0 Å². The van der Waals surface area contributed by atoms with Gasteiger partial charge in [0.05, 0.1) is 0 Å². The van der Waals surface area contributed by atoms with Crippen LogP contribution in [0.5, 0.6) is 0 Å². The Hall–Kier alpha value is -0.0400. The highest BCUT2D eigenvalue weighted by atomic mass is 15.1. The normalized spacial score (nSPS) is 80.0. The van der Waals surface area contributed by atoms with Crippen LogP contribution in [0.15, 0.2) is 0 Å². The highest BCUT2D eigenvalue weighted by molar-refractivity contribution is 5.28. The van der Waals surface area contributed by atoms with Crippen LogP contribution >= 0.6 is 0 Å². The highest BCUT2D eigenvalue weighted by Gasteiger charge is 2.78. The quantitative estimate of drug-likeness (QED) is 0.632. The summed E-state index contributed by atoms with van der Waals surface area (Å²) in [6, 6.07) is 1.93. The molecule has 1 saturated heterocycles. The molecule has 80 valence electrons. The van der Waals surface area contributed by atoms with Gasteiger partial charge in [0.1, 0.15) is 0 Å². The predicted molar refractivity (Wildman–Crippen MR) is 57.2 cm³/mol. The molecule has 0 aromatic heterocycles. The Balaban J connectivity index is 1.53. The van der Waals surface area contributed by atoms with Crippen LogP contribution in [0.3, 0.4) is 0 Å². The van der Waals surface area contributed by atoms with E-state index in [0.717, 1.165) is 41.2 Å². The molecule has 1 N–H and O–H groups in total. The molecule has 1 nitrogen and oxygen atoms in total. The molecule has 1 heteroatoms. The van der Waals surface area contributed by atoms with E-state index in [4.69, 9.17) is 0 Å². The molecule has 1 heterocycles. The van der Waals surface area contributed by atoms with E-state index < -0.39 is 0 Å². The number of rotatable bonds is 0. The maximum Gasteiger partial charge on any atom is 0.0106 e. The molecule has 9 unspecified atom stereocenters. The monoisotopic (exact) mass is 201 g/mol. The Morgan fingerprint density at radius 2 is 1.87 bits per heavy atom. The van der Waals surface area contributed by atoms with Crippen molar-refractivity contribution in [3.05, 3.63) is 0 Å². The van der Waals surface area contributed by atoms with Gasteiger partial charge in [0, 0.05) is 12.1 Å². The molecule has 6 fully saturated rings. The molecule has 6 rings (SSSR count). The lowest BCUT2D eigenvalue weighted by molar-refractivity contribution is -0.271. The van der Waals surface area contributed by atoms with Gasteiger partial charge in [-0.15, -0.1) is 0 Å². The van der Waals surface area contributed by atoms with Gasteiger partial charge >= 0.3 is 0 Å². The summed E-state index contributed by atoms with van der Waals surface area (Å²) in [5.74, 6) is 7.00. The number of hydrogen-bond donors (Lipinski definition) is 1. The van der Waals surface area contributed by atoms with Crippen molar-refractivity contribution in [1.29, 1.82) is 0 Å². The molecule has 5 aliphatic carbocycles. The standard InChI is InChI=1S/C14H19N/c1-6-2-11-12(6)9(1)14-4-7-3-10(15-11)8(5-14)13(7)14/h6-13,15H,1-5H2. The van der Waals surface area contributed by atoms with Crippen molar-refractivity contribution in [2.75, 3.05) is 0 Å². The first-order valence-electron chi connectivity index (χ1n) is 7.13. The first kappa shape index (κ1) is 7.32. The largest absolute Gasteiger partial charge is 0.311 e. The second-order valence-corrected chi connectivity index (χ2v) is 7.62. The predicted octanol–water partition coefficient (Wildman–Crippen LogP) is 2.03. The SMILES string of the molecule is C1C2CC34CC(C1NC1CC5CC3C51)C24. The molecular weight excluding hydrogens is 182 g/mol. The average molecular weight is 201 g/mol. The lowest BCUT2D eigenvalue weighted by Gasteiger charge is -2.76. The van der Waals surface area contributed by atoms with Crippen LogP contribution in [0, 0.1) is 40.9 Å². The average Bonchev–Trinajstić information content (AvgIpc) is 2.33. The van der Waals surface area contributed by atoms with E-state index in [2.05, 4.69) is 5.32 Å². The summed E-state index contributed by atoms with van der Waals surface area (Å²) in [4.78, 5) is 0. The van der Waals surface area contributed by atoms with Crippen LogP contribution in [0.2, 0.25) is 0 Å². The van der Waals surface area contributed by atoms with Gasteiger partial charge in [-0.25, -0.2) is 0 Å². The molecule has 0 amide bonds. The van der Waals surface area contributed by atoms with E-state index >= 15 is 0 Å². The first-order chi connectivity index (χ1) is 7.37. The molecule has 9 atom stereocenters. The summed E-state index contributed by atoms with van der Waals surface area (Å²) >= 11 is 0. The Labute approximate surface area is 91.0 Å². The molecule has 2 bridgehead atoms. The van der Waals surface area contributed by atoms with Crippen molar-refractivity contribution in [2.45, 2.75) is 44.2 Å². The van der Waals surface area contributed by atoms with Crippen LogP contribution in [0.25, 0.3) is 0 Å². The summed E-state index contributed by atoms with van der Waals surface area (Å²) in [7, 11) is 0. The molecule has 0 aromatic rings. The fraction of sp³-hybridized carbons (Fsp3) is 1.00. The number of nitrogens with one attached hydrogen (secondary N) is 1. The van der Waals surface area contributed by atoms with E-state index in [1.54, 1.807) is 25.7 Å². The van der Waals surface area contributed by atoms with Gasteiger partial charge in [0.2, 0.25) is 0 Å². The lowest BCUT2D eigenvalue weighted by Crippen LogP contribution is -2.75. The van der Waals surface area contributed by atoms with E-state index in [1.807, 2.05) is 0 Å². The lowest BCUT2D eigenvalue weighted by atomic mass is 9.30. The summed E-state index contributed by atoms with van der Waals surface area (Å²) in [5.41, 5.74) is 0.937. The molecular formula is C14H19N. The van der Waals surface area contributed by atoms with Gasteiger partial charge in [0.15, 0.2) is 0 Å². The molecule has 15 heavy (non-hydrogen) atoms. The molecule has 6 aliphatic rings. The summed E-state index contributed by atoms with van der Waals surface area (Å²) in [6.45, 7) is 0. The molecule has 5 saturated carbocycles. The minimum absolute atomic E-state index is 0.937. The Morgan fingerprint density at radius 1 is 0.933 bits per heavy atom. The van der Waals surface area contributed by atoms with E-state index in [1.165, 1.54) is 18.3 Å². The van der Waals surface area contributed by atoms with E-state index in [-0.39, 0.29) is 0 Å². The second kappa shape index (κ2) is 1.81. The fourth-order valence-corrected chi connectivity index (χ4v) is 7.32. The summed E-state index contributed by atoms with van der Waals surface area (Å²) in [5, 5.41) is 4.05. The van der Waals surface area contributed by atoms with Gasteiger partial charge in [-0.05, 0) is 73.0 Å². The van der Waals surface area contributed by atoms with Gasteiger partial charge in [-0.1, -0.05) is 0 Å². The van der Waals surface area contributed by atoms with Gasteiger partial charge < -0.3 is 5.32 Å². The third-order valence-corrected chi connectivity index (χ3v) is 7.72. The molecule has 0 aromatic carbocycles. The smallest absolute Gasteiger partial charge is 0.0106 e. The van der Waals surface area contributed by atoms with Crippen molar-refractivity contribution < 1.29 is 0 Å². The van der Waals surface area contributed by atoms with Crippen molar-refractivity contribution in [3.63, 3.8) is 0 Å². The highest BCUT2D eigenvalue weighted by Crippen LogP contribution is 2.81. The topological polar surface area (TPSA) is 12.0 Å². The minimum Gasteiger partial charge on any atom is -0.311 e. The van der Waals surface area contributed by atoms with Crippen LogP contribution in [-0.4, -0.2) is 12.1 Å². The summed E-state index contributed by atoms with van der Waals surface area (Å²) < 4.78 is 0. The maximum absolute atomic E-state index is 4.05. The number of hydrogen-bond acceptors (Lipinski definition) is 1. The van der Waals surface area contributed by atoms with Crippen molar-refractivity contribution in [3.8, 4) is 0 Å². The van der Waals surface area contributed by atoms with Crippen molar-refractivity contribution in [1.82, 2.24) is 5.32 Å². The molecule has 1 aliphatic heterocycles. The zero-order chi connectivity index (χ0) is 9.36. The van der Waals surface area contributed by atoms with E-state index in [9.17, 15) is 0 Å². The van der Waals surface area contributed by atoms with Crippen LogP contribution in [0.1, 0.15) is 32.1 Å². The fourth-order valence-electron chi connectivity index (χ4n) is 7.32. The maximum atomic E-state index is 4.05. The second-order valence-electron chi connectivity index (χ2n) is 7.62. The van der Waals surface area contributed by atoms with Gasteiger partial charge in [0.25, 0.3) is 0 Å². The van der Waals surface area contributed by atoms with Crippen LogP contribution in [-0.2, 0) is 0 Å². The van der Waals surface area contributed by atoms with Crippen molar-refractivity contribution >= 4 is 0 Å². The molecule has 0 radical (unpaired) electrons. The van der Waals surface area contributed by atoms with Crippen LogP contribution < -0.4 is 5.32 Å². The van der Waals surface area contributed by atoms with Crippen LogP contribution in [0.4, 0.5) is 0 Å². The minimum atomic E-state index is 0.937. The van der Waals surface area contributed by atoms with Gasteiger partial charge in [-0.2, -0.15) is 0 Å². The first-order valence-corrected chi connectivity index (χ1v) is 7.13. The third kappa shape index (κ3) is 0.520. The Morgan fingerprint density at radius 3 is 2.80 bits per heavy atom.